The lowest BCUT2D eigenvalue weighted by Crippen LogP contribution is -2.49. The van der Waals surface area contributed by atoms with Crippen molar-refractivity contribution in [1.82, 2.24) is 4.72 Å². The Morgan fingerprint density at radius 3 is 2.82 bits per heavy atom. The number of fused-ring (bicyclic) bond motifs is 4. The topological polar surface area (TPSA) is 110 Å². The summed E-state index contributed by atoms with van der Waals surface area (Å²) >= 11 is 7.99. The van der Waals surface area contributed by atoms with Crippen LogP contribution < -0.4 is 14.4 Å². The van der Waals surface area contributed by atoms with Gasteiger partial charge < -0.3 is 14.4 Å². The molecule has 274 valence electrons. The largest absolute Gasteiger partial charge is 0.490 e. The molecule has 2 bridgehead atoms. The van der Waals surface area contributed by atoms with E-state index in [1.165, 1.54) is 22.9 Å². The smallest absolute Gasteiger partial charge is 0.286 e. The molecule has 1 N–H and O–H groups in total. The van der Waals surface area contributed by atoms with Gasteiger partial charge in [-0.3, -0.25) is 19.3 Å². The molecule has 4 aliphatic rings. The van der Waals surface area contributed by atoms with Crippen LogP contribution in [-0.2, 0) is 31.3 Å². The van der Waals surface area contributed by atoms with Gasteiger partial charge in [0.05, 0.1) is 24.2 Å². The van der Waals surface area contributed by atoms with E-state index >= 15 is 0 Å². The van der Waals surface area contributed by atoms with Crippen molar-refractivity contribution >= 4 is 57.5 Å². The molecule has 2 amide bonds. The first-order valence-corrected chi connectivity index (χ1v) is 21.2. The number of nitrogens with one attached hydrogen (secondary N) is 1. The van der Waals surface area contributed by atoms with Crippen molar-refractivity contribution in [3.8, 4) is 5.75 Å². The van der Waals surface area contributed by atoms with Crippen molar-refractivity contribution in [2.75, 3.05) is 43.7 Å². The number of carbonyl (C=O) groups excluding carboxylic acids is 2. The molecule has 0 unspecified atom stereocenters. The van der Waals surface area contributed by atoms with Crippen molar-refractivity contribution in [3.05, 3.63) is 80.9 Å². The van der Waals surface area contributed by atoms with E-state index in [9.17, 15) is 13.8 Å². The zero-order chi connectivity index (χ0) is 36.2. The Balaban J connectivity index is 1.37. The summed E-state index contributed by atoms with van der Waals surface area (Å²) in [4.78, 5) is 34.5. The molecule has 0 saturated heterocycles. The van der Waals surface area contributed by atoms with Gasteiger partial charge in [0.1, 0.15) is 15.7 Å². The van der Waals surface area contributed by atoms with E-state index in [0.717, 1.165) is 60.8 Å². The van der Waals surface area contributed by atoms with E-state index in [1.54, 1.807) is 13.2 Å². The van der Waals surface area contributed by atoms with Crippen LogP contribution in [-0.4, -0.2) is 67.7 Å². The monoisotopic (exact) mass is 752 g/mol. The highest BCUT2D eigenvalue weighted by Gasteiger charge is 2.44. The van der Waals surface area contributed by atoms with Crippen LogP contribution in [0.25, 0.3) is 0 Å². The molecule has 2 aliphatic carbocycles. The van der Waals surface area contributed by atoms with Crippen LogP contribution in [0.3, 0.4) is 0 Å². The maximum Gasteiger partial charge on any atom is 0.286 e. The second-order valence-electron chi connectivity index (χ2n) is 14.2. The number of rotatable bonds is 7. The van der Waals surface area contributed by atoms with Gasteiger partial charge in [0.2, 0.25) is 5.91 Å². The molecule has 2 heterocycles. The fraction of sp³-hybridized carbons (Fsp3) is 0.513. The number of nitrogens with zero attached hydrogens (tertiary/aromatic N) is 3. The summed E-state index contributed by atoms with van der Waals surface area (Å²) in [5, 5.41) is 0.741. The van der Waals surface area contributed by atoms with Crippen molar-refractivity contribution in [2.24, 2.45) is 21.2 Å². The highest BCUT2D eigenvalue weighted by molar-refractivity contribution is 8.02. The molecule has 12 heteroatoms. The molecule has 5 atom stereocenters. The first kappa shape index (κ1) is 37.6. The highest BCUT2D eigenvalue weighted by atomic mass is 35.5. The number of halogens is 1. The molecule has 0 radical (unpaired) electrons. The third-order valence-electron chi connectivity index (χ3n) is 11.0. The lowest BCUT2D eigenvalue weighted by atomic mass is 9.68. The summed E-state index contributed by atoms with van der Waals surface area (Å²) in [5.74, 6) is 0.411. The summed E-state index contributed by atoms with van der Waals surface area (Å²) in [5.41, 5.74) is 4.13. The number of benzene rings is 2. The number of aryl methyl sites for hydroxylation is 1. The van der Waals surface area contributed by atoms with Gasteiger partial charge in [0.25, 0.3) is 5.91 Å². The van der Waals surface area contributed by atoms with Gasteiger partial charge in [-0.2, -0.15) is 0 Å². The van der Waals surface area contributed by atoms with Gasteiger partial charge in [-0.15, -0.1) is 16.1 Å². The van der Waals surface area contributed by atoms with E-state index in [-0.39, 0.29) is 23.7 Å². The zero-order valence-corrected chi connectivity index (χ0v) is 32.2. The van der Waals surface area contributed by atoms with Gasteiger partial charge in [-0.05, 0) is 125 Å². The molecule has 1 fully saturated rings. The first-order chi connectivity index (χ1) is 24.6. The van der Waals surface area contributed by atoms with Crippen LogP contribution in [0.1, 0.15) is 79.8 Å². The predicted octanol–water partition coefficient (Wildman–Crippen LogP) is 7.92. The van der Waals surface area contributed by atoms with Crippen LogP contribution in [0.2, 0.25) is 5.02 Å². The van der Waals surface area contributed by atoms with Crippen molar-refractivity contribution in [1.29, 1.82) is 0 Å². The lowest BCUT2D eigenvalue weighted by molar-refractivity contribution is -0.119. The SMILES string of the molecule is C=N/C(CCC(=O)N[S@@]1(=O)=NC(=O)c2ccc3c(c2)N(C[C@@H]2CC[C@H]2[C@@H](OC)/C=C/CCC1)C[C@@]1(CCCc2cc(Cl)ccc21)CO3)=C(/C)SC. The quantitative estimate of drug-likeness (QED) is 0.226. The minimum Gasteiger partial charge on any atom is -0.490 e. The average molecular weight is 753 g/mol. The second-order valence-corrected chi connectivity index (χ2v) is 17.7. The number of allylic oxidation sites excluding steroid dienone is 3. The van der Waals surface area contributed by atoms with Crippen LogP contribution in [0.5, 0.6) is 5.75 Å². The minimum absolute atomic E-state index is 0.0386. The number of hydrogen-bond donors (Lipinski definition) is 1. The first-order valence-electron chi connectivity index (χ1n) is 17.9. The molecule has 1 saturated carbocycles. The van der Waals surface area contributed by atoms with E-state index < -0.39 is 21.7 Å². The molecule has 2 aromatic carbocycles. The fourth-order valence-electron chi connectivity index (χ4n) is 8.06. The Labute approximate surface area is 312 Å². The average Bonchev–Trinajstić information content (AvgIpc) is 3.25. The number of amides is 2. The molecular formula is C39H49ClN4O5S2. The minimum atomic E-state index is -3.44. The molecular weight excluding hydrogens is 704 g/mol. The van der Waals surface area contributed by atoms with Crippen LogP contribution in [0.4, 0.5) is 5.69 Å². The van der Waals surface area contributed by atoms with Gasteiger partial charge in [0.15, 0.2) is 0 Å². The number of methoxy groups -OCH3 is 1. The third-order valence-corrected chi connectivity index (χ3v) is 14.0. The van der Waals surface area contributed by atoms with Crippen LogP contribution in [0.15, 0.2) is 68.5 Å². The molecule has 9 nitrogen and oxygen atoms in total. The summed E-state index contributed by atoms with van der Waals surface area (Å²) in [6.45, 7) is 7.57. The van der Waals surface area contributed by atoms with Crippen molar-refractivity contribution < 1.29 is 23.3 Å². The Morgan fingerprint density at radius 2 is 2.08 bits per heavy atom. The lowest BCUT2D eigenvalue weighted by Gasteiger charge is -2.46. The molecule has 6 rings (SSSR count). The van der Waals surface area contributed by atoms with E-state index in [4.69, 9.17) is 21.1 Å². The van der Waals surface area contributed by atoms with Gasteiger partial charge in [0, 0.05) is 53.2 Å². The summed E-state index contributed by atoms with van der Waals surface area (Å²) in [6.07, 6.45) is 12.7. The number of carbonyl (C=O) groups is 2. The maximum atomic E-state index is 14.3. The van der Waals surface area contributed by atoms with E-state index in [1.807, 2.05) is 31.4 Å². The molecule has 2 aromatic rings. The summed E-state index contributed by atoms with van der Waals surface area (Å²) < 4.78 is 33.8. The standard InChI is InChI=1S/C39H49ClN4O5S2/c1-26(50-4)33(41-2)16-18-37(45)42-51(47)20-7-5-6-10-35(48-3)31-14-11-29(31)23-44-24-39(19-8-9-27-21-30(40)13-15-32(27)39)25-49-36-17-12-28(22-34(36)44)38(46)43-51/h6,10,12-13,15,17,21-22,29,31,35H,2,5,7-9,11,14,16,18-20,23-25H2,1,3-4H3,(H,42,43,45,46,47)/b10-6+,33-26-/t29-,31+,35-,39-,51+/m0/s1. The Morgan fingerprint density at radius 1 is 1.24 bits per heavy atom. The highest BCUT2D eigenvalue weighted by Crippen LogP contribution is 2.47. The van der Waals surface area contributed by atoms with Gasteiger partial charge >= 0.3 is 0 Å². The summed E-state index contributed by atoms with van der Waals surface area (Å²) in [6, 6.07) is 11.6. The number of thioether (sulfide) groups is 1. The Hall–Kier alpha value is -3.12. The molecule has 0 aromatic heterocycles. The van der Waals surface area contributed by atoms with Crippen molar-refractivity contribution in [3.63, 3.8) is 0 Å². The third kappa shape index (κ3) is 8.42. The maximum absolute atomic E-state index is 14.3. The van der Waals surface area contributed by atoms with Crippen LogP contribution >= 0.6 is 23.4 Å². The number of ether oxygens (including phenoxy) is 2. The fourth-order valence-corrected chi connectivity index (χ4v) is 10.3. The number of hydrogen-bond acceptors (Lipinski definition) is 8. The summed E-state index contributed by atoms with van der Waals surface area (Å²) in [7, 11) is -1.67. The molecule has 1 spiro atoms. The Bertz CT molecular complexity index is 1850. The second kappa shape index (κ2) is 16.3. The number of anilines is 1. The predicted molar refractivity (Wildman–Crippen MR) is 209 cm³/mol. The van der Waals surface area contributed by atoms with Crippen molar-refractivity contribution in [2.45, 2.75) is 76.2 Å². The van der Waals surface area contributed by atoms with Gasteiger partial charge in [-0.1, -0.05) is 29.8 Å². The van der Waals surface area contributed by atoms with Crippen LogP contribution in [0, 0.1) is 11.8 Å². The molecule has 51 heavy (non-hydrogen) atoms. The Kier molecular flexibility index (Phi) is 12.0. The molecule has 2 aliphatic heterocycles. The van der Waals surface area contributed by atoms with Gasteiger partial charge in [-0.25, -0.2) is 4.21 Å². The van der Waals surface area contributed by atoms with E-state index in [0.29, 0.717) is 54.7 Å². The zero-order valence-electron chi connectivity index (χ0n) is 29.8. The number of aliphatic imine (C=N–C) groups is 1. The normalized spacial score (nSPS) is 28.8. The van der Waals surface area contributed by atoms with E-state index in [2.05, 4.69) is 50.0 Å².